The lowest BCUT2D eigenvalue weighted by molar-refractivity contribution is -0.158. The molecule has 1 saturated heterocycles. The summed E-state index contributed by atoms with van der Waals surface area (Å²) in [5.74, 6) is -0.823. The first-order valence-corrected chi connectivity index (χ1v) is 13.7. The molecule has 1 aliphatic carbocycles. The predicted molar refractivity (Wildman–Crippen MR) is 148 cm³/mol. The van der Waals surface area contributed by atoms with Crippen LogP contribution in [0.25, 0.3) is 11.0 Å². The van der Waals surface area contributed by atoms with E-state index in [1.165, 1.54) is 22.1 Å². The molecule has 2 heterocycles. The number of fused-ring (bicyclic) bond motifs is 2. The quantitative estimate of drug-likeness (QED) is 0.456. The molecule has 39 heavy (non-hydrogen) atoms. The Morgan fingerprint density at radius 2 is 1.69 bits per heavy atom. The van der Waals surface area contributed by atoms with E-state index in [1.54, 1.807) is 24.3 Å². The van der Waals surface area contributed by atoms with Gasteiger partial charge >= 0.3 is 5.63 Å². The molecular formula is C31H35N3O5. The average Bonchev–Trinajstić information content (AvgIpc) is 3.31. The summed E-state index contributed by atoms with van der Waals surface area (Å²) in [7, 11) is 0. The summed E-state index contributed by atoms with van der Waals surface area (Å²) in [6.07, 6.45) is 1.80. The van der Waals surface area contributed by atoms with Gasteiger partial charge in [0.15, 0.2) is 0 Å². The van der Waals surface area contributed by atoms with Crippen molar-refractivity contribution < 1.29 is 18.8 Å². The molecule has 3 amide bonds. The molecule has 204 valence electrons. The van der Waals surface area contributed by atoms with E-state index in [2.05, 4.69) is 22.8 Å². The Morgan fingerprint density at radius 1 is 1.00 bits per heavy atom. The Kier molecular flexibility index (Phi) is 7.30. The van der Waals surface area contributed by atoms with Crippen LogP contribution in [0.4, 0.5) is 0 Å². The van der Waals surface area contributed by atoms with Crippen LogP contribution in [0.15, 0.2) is 63.8 Å². The van der Waals surface area contributed by atoms with Crippen molar-refractivity contribution in [2.75, 3.05) is 0 Å². The first-order chi connectivity index (χ1) is 18.6. The van der Waals surface area contributed by atoms with Crippen molar-refractivity contribution in [1.29, 1.82) is 0 Å². The highest BCUT2D eigenvalue weighted by Gasteiger charge is 2.49. The van der Waals surface area contributed by atoms with E-state index in [0.717, 1.165) is 0 Å². The number of amides is 3. The van der Waals surface area contributed by atoms with Crippen molar-refractivity contribution in [3.05, 3.63) is 81.7 Å². The van der Waals surface area contributed by atoms with E-state index < -0.39 is 23.8 Å². The number of nitrogens with one attached hydrogen (secondary N) is 2. The molecule has 1 aromatic heterocycles. The van der Waals surface area contributed by atoms with Crippen molar-refractivity contribution in [2.45, 2.75) is 71.1 Å². The molecule has 0 spiro atoms. The van der Waals surface area contributed by atoms with Gasteiger partial charge in [0, 0.05) is 17.5 Å². The maximum Gasteiger partial charge on any atom is 0.336 e. The van der Waals surface area contributed by atoms with E-state index in [-0.39, 0.29) is 35.6 Å². The van der Waals surface area contributed by atoms with Gasteiger partial charge in [-0.2, -0.15) is 0 Å². The second-order valence-corrected chi connectivity index (χ2v) is 11.4. The lowest BCUT2D eigenvalue weighted by Gasteiger charge is -2.45. The van der Waals surface area contributed by atoms with Gasteiger partial charge in [0.05, 0.1) is 0 Å². The minimum atomic E-state index is -1.03. The monoisotopic (exact) mass is 529 g/mol. The number of hydrogen-bond donors (Lipinski definition) is 2. The molecule has 3 atom stereocenters. The third-order valence-corrected chi connectivity index (χ3v) is 7.62. The average molecular weight is 530 g/mol. The number of benzene rings is 2. The molecule has 5 rings (SSSR count). The van der Waals surface area contributed by atoms with Crippen LogP contribution in [0, 0.1) is 11.8 Å². The first-order valence-electron chi connectivity index (χ1n) is 13.7. The van der Waals surface area contributed by atoms with E-state index in [4.69, 9.17) is 4.42 Å². The van der Waals surface area contributed by atoms with Crippen LogP contribution in [-0.2, 0) is 27.2 Å². The zero-order valence-corrected chi connectivity index (χ0v) is 22.8. The van der Waals surface area contributed by atoms with Crippen molar-refractivity contribution in [3.63, 3.8) is 0 Å². The molecule has 2 aliphatic rings. The fraction of sp³-hybridized carbons (Fsp3) is 0.419. The third kappa shape index (κ3) is 5.33. The van der Waals surface area contributed by atoms with Gasteiger partial charge in [-0.05, 0) is 79.8 Å². The number of hydrogen-bond acceptors (Lipinski definition) is 5. The predicted octanol–water partition coefficient (Wildman–Crippen LogP) is 3.52. The molecule has 3 aromatic rings. The zero-order valence-electron chi connectivity index (χ0n) is 22.8. The molecule has 0 radical (unpaired) electrons. The van der Waals surface area contributed by atoms with Gasteiger partial charge in [-0.1, -0.05) is 44.2 Å². The van der Waals surface area contributed by atoms with Crippen LogP contribution in [0.3, 0.4) is 0 Å². The third-order valence-electron chi connectivity index (χ3n) is 7.62. The molecule has 2 N–H and O–H groups in total. The zero-order chi connectivity index (χ0) is 27.8. The highest BCUT2D eigenvalue weighted by atomic mass is 16.4. The summed E-state index contributed by atoms with van der Waals surface area (Å²) in [6, 6.07) is 13.4. The molecule has 0 unspecified atom stereocenters. The summed E-state index contributed by atoms with van der Waals surface area (Å²) >= 11 is 0. The molecule has 2 aromatic carbocycles. The molecule has 0 bridgehead atoms. The van der Waals surface area contributed by atoms with Crippen LogP contribution >= 0.6 is 0 Å². The Balaban J connectivity index is 1.59. The summed E-state index contributed by atoms with van der Waals surface area (Å²) in [5.41, 5.74) is 2.85. The van der Waals surface area contributed by atoms with Crippen LogP contribution in [0.2, 0.25) is 0 Å². The summed E-state index contributed by atoms with van der Waals surface area (Å²) in [6.45, 7) is 7.71. The van der Waals surface area contributed by atoms with Crippen LogP contribution < -0.4 is 16.3 Å². The van der Waals surface area contributed by atoms with Gasteiger partial charge in [-0.15, -0.1) is 0 Å². The van der Waals surface area contributed by atoms with E-state index in [0.29, 0.717) is 35.8 Å². The summed E-state index contributed by atoms with van der Waals surface area (Å²) in [4.78, 5) is 55.1. The summed E-state index contributed by atoms with van der Waals surface area (Å²) < 4.78 is 5.29. The lowest BCUT2D eigenvalue weighted by Crippen LogP contribution is -2.67. The minimum Gasteiger partial charge on any atom is -0.423 e. The van der Waals surface area contributed by atoms with Crippen LogP contribution in [0.1, 0.15) is 56.8 Å². The van der Waals surface area contributed by atoms with Gasteiger partial charge in [-0.3, -0.25) is 14.4 Å². The summed E-state index contributed by atoms with van der Waals surface area (Å²) in [5, 5.41) is 6.64. The second-order valence-electron chi connectivity index (χ2n) is 11.4. The van der Waals surface area contributed by atoms with Gasteiger partial charge in [0.1, 0.15) is 23.7 Å². The molecule has 8 heteroatoms. The van der Waals surface area contributed by atoms with E-state index in [1.807, 2.05) is 39.8 Å². The molecule has 1 fully saturated rings. The number of nitrogens with zero attached hydrogens (tertiary/aromatic N) is 1. The standard InChI is InChI=1S/C31H35N3O5/c1-17(2)13-24-29(36)33-27(23-14-19-7-5-6-8-20(19)15-23)31(38)34(24)28(30(37)32-18(3)4)22-9-11-25-21(16-22)10-12-26(35)39-25/h5-12,16-18,23-24,27-28H,13-15H2,1-4H3,(H,32,37)(H,33,36)/t24-,27-,28-/m1/s1. The maximum atomic E-state index is 14.4. The number of rotatable bonds is 7. The topological polar surface area (TPSA) is 109 Å². The number of carbonyl (C=O) groups is 3. The Bertz CT molecular complexity index is 1450. The molecule has 8 nitrogen and oxygen atoms in total. The first kappa shape index (κ1) is 26.7. The van der Waals surface area contributed by atoms with Crippen molar-refractivity contribution in [2.24, 2.45) is 11.8 Å². The van der Waals surface area contributed by atoms with E-state index >= 15 is 0 Å². The molecule has 0 saturated carbocycles. The van der Waals surface area contributed by atoms with Gasteiger partial charge in [-0.25, -0.2) is 4.79 Å². The SMILES string of the molecule is CC(C)C[C@@H]1C(=O)N[C@H](C2Cc3ccccc3C2)C(=O)N1[C@@H](C(=O)NC(C)C)c1ccc2oc(=O)ccc2c1. The lowest BCUT2D eigenvalue weighted by atomic mass is 9.87. The Morgan fingerprint density at radius 3 is 2.33 bits per heavy atom. The fourth-order valence-electron chi connectivity index (χ4n) is 5.94. The highest BCUT2D eigenvalue weighted by Crippen LogP contribution is 2.36. The smallest absolute Gasteiger partial charge is 0.336 e. The Labute approximate surface area is 227 Å². The van der Waals surface area contributed by atoms with Crippen molar-refractivity contribution >= 4 is 28.7 Å². The van der Waals surface area contributed by atoms with E-state index in [9.17, 15) is 19.2 Å². The van der Waals surface area contributed by atoms with Gasteiger partial charge in [0.2, 0.25) is 17.7 Å². The van der Waals surface area contributed by atoms with Crippen molar-refractivity contribution in [3.8, 4) is 0 Å². The fourth-order valence-corrected chi connectivity index (χ4v) is 5.94. The van der Waals surface area contributed by atoms with Gasteiger partial charge in [0.25, 0.3) is 0 Å². The molecular weight excluding hydrogens is 494 g/mol. The molecule has 1 aliphatic heterocycles. The second kappa shape index (κ2) is 10.7. The number of piperazine rings is 1. The minimum absolute atomic E-state index is 0.0963. The maximum absolute atomic E-state index is 14.4. The normalized spacial score (nSPS) is 20.4. The largest absolute Gasteiger partial charge is 0.423 e. The highest BCUT2D eigenvalue weighted by molar-refractivity contribution is 6.00. The van der Waals surface area contributed by atoms with Gasteiger partial charge < -0.3 is 20.0 Å². The van der Waals surface area contributed by atoms with Crippen molar-refractivity contribution in [1.82, 2.24) is 15.5 Å². The number of carbonyl (C=O) groups excluding carboxylic acids is 3. The van der Waals surface area contributed by atoms with Crippen LogP contribution in [0.5, 0.6) is 0 Å². The Hall–Kier alpha value is -3.94. The van der Waals surface area contributed by atoms with Crippen LogP contribution in [-0.4, -0.2) is 40.7 Å².